The highest BCUT2D eigenvalue weighted by Crippen LogP contribution is 2.36. The number of aromatic nitrogens is 4. The second-order valence-electron chi connectivity index (χ2n) is 10.0. The molecular weight excluding hydrogens is 491 g/mol. The Morgan fingerprint density at radius 1 is 1.13 bits per heavy atom. The van der Waals surface area contributed by atoms with Crippen molar-refractivity contribution >= 4 is 5.91 Å². The summed E-state index contributed by atoms with van der Waals surface area (Å²) in [5.74, 6) is 0.131. The van der Waals surface area contributed by atoms with E-state index in [4.69, 9.17) is 19.2 Å². The van der Waals surface area contributed by atoms with Gasteiger partial charge in [0.15, 0.2) is 5.82 Å². The zero-order chi connectivity index (χ0) is 26.7. The minimum atomic E-state index is -0.797. The lowest BCUT2D eigenvalue weighted by Crippen LogP contribution is -2.55. The number of likely N-dealkylation sites (N-methyl/N-ethyl adjacent to an activating group) is 1. The number of carbonyl (C=O) groups is 1. The summed E-state index contributed by atoms with van der Waals surface area (Å²) in [7, 11) is 2.05. The molecule has 0 aliphatic carbocycles. The van der Waals surface area contributed by atoms with Crippen molar-refractivity contribution in [3.05, 3.63) is 48.2 Å². The zero-order valence-corrected chi connectivity index (χ0v) is 21.9. The Kier molecular flexibility index (Phi) is 7.68. The predicted molar refractivity (Wildman–Crippen MR) is 138 cm³/mol. The lowest BCUT2D eigenvalue weighted by molar-refractivity contribution is -0.234. The van der Waals surface area contributed by atoms with Gasteiger partial charge in [0, 0.05) is 37.9 Å². The van der Waals surface area contributed by atoms with Crippen LogP contribution in [0.25, 0.3) is 22.6 Å². The van der Waals surface area contributed by atoms with Crippen molar-refractivity contribution in [1.29, 1.82) is 0 Å². The van der Waals surface area contributed by atoms with Crippen molar-refractivity contribution in [2.24, 2.45) is 5.41 Å². The largest absolute Gasteiger partial charge is 0.463 e. The summed E-state index contributed by atoms with van der Waals surface area (Å²) in [5.41, 5.74) is 1.65. The molecule has 0 bridgehead atoms. The van der Waals surface area contributed by atoms with Gasteiger partial charge in [-0.25, -0.2) is 14.4 Å². The van der Waals surface area contributed by atoms with Crippen LogP contribution < -0.4 is 4.74 Å². The van der Waals surface area contributed by atoms with Crippen LogP contribution >= 0.6 is 0 Å². The number of nitrogens with one attached hydrogen (secondary N) is 1. The van der Waals surface area contributed by atoms with Crippen LogP contribution in [0.5, 0.6) is 6.01 Å². The van der Waals surface area contributed by atoms with E-state index in [0.717, 1.165) is 19.5 Å². The highest BCUT2D eigenvalue weighted by molar-refractivity contribution is 5.83. The molecular formula is C27H33FN6O4. The summed E-state index contributed by atoms with van der Waals surface area (Å²) in [5, 5.41) is 0. The van der Waals surface area contributed by atoms with Gasteiger partial charge < -0.3 is 29.0 Å². The molecule has 0 atom stereocenters. The highest BCUT2D eigenvalue weighted by Gasteiger charge is 2.43. The lowest BCUT2D eigenvalue weighted by atomic mass is 9.90. The summed E-state index contributed by atoms with van der Waals surface area (Å²) in [6.45, 7) is 7.87. The summed E-state index contributed by atoms with van der Waals surface area (Å²) in [6, 6.07) is 8.08. The Labute approximate surface area is 221 Å². The molecule has 0 unspecified atom stereocenters. The van der Waals surface area contributed by atoms with E-state index in [1.165, 1.54) is 12.1 Å². The van der Waals surface area contributed by atoms with Gasteiger partial charge in [-0.15, -0.1) is 0 Å². The second kappa shape index (κ2) is 11.1. The molecule has 2 aromatic heterocycles. The van der Waals surface area contributed by atoms with E-state index in [9.17, 15) is 9.18 Å². The fourth-order valence-electron chi connectivity index (χ4n) is 4.53. The number of hydrogen-bond acceptors (Lipinski definition) is 8. The summed E-state index contributed by atoms with van der Waals surface area (Å²) < 4.78 is 31.4. The SMILES string of the molecule is CCCOc1nccc(-c2[nH]c(C3OCC(C)(C(=O)N4CCN(C)CC4)CO3)nc2-c2ccc(F)cc2)n1. The number of benzene rings is 1. The van der Waals surface area contributed by atoms with E-state index in [2.05, 4.69) is 26.9 Å². The van der Waals surface area contributed by atoms with Crippen LogP contribution in [0.1, 0.15) is 32.4 Å². The van der Waals surface area contributed by atoms with Gasteiger partial charge >= 0.3 is 6.01 Å². The van der Waals surface area contributed by atoms with Crippen LogP contribution in [0.3, 0.4) is 0 Å². The quantitative estimate of drug-likeness (QED) is 0.502. The van der Waals surface area contributed by atoms with Gasteiger partial charge in [-0.05, 0) is 50.7 Å². The van der Waals surface area contributed by atoms with Gasteiger partial charge in [0.1, 0.15) is 5.82 Å². The Morgan fingerprint density at radius 3 is 2.53 bits per heavy atom. The number of rotatable bonds is 7. The Bertz CT molecular complexity index is 1250. The van der Waals surface area contributed by atoms with Gasteiger partial charge in [-0.2, -0.15) is 4.98 Å². The molecule has 10 nitrogen and oxygen atoms in total. The van der Waals surface area contributed by atoms with Crippen molar-refractivity contribution in [2.45, 2.75) is 26.6 Å². The number of carbonyl (C=O) groups excluding carboxylic acids is 1. The molecule has 2 aliphatic heterocycles. The molecule has 0 radical (unpaired) electrons. The number of hydrogen-bond donors (Lipinski definition) is 1. The van der Waals surface area contributed by atoms with E-state index < -0.39 is 11.7 Å². The lowest BCUT2D eigenvalue weighted by Gasteiger charge is -2.41. The van der Waals surface area contributed by atoms with Crippen LogP contribution in [0.15, 0.2) is 36.5 Å². The minimum Gasteiger partial charge on any atom is -0.463 e. The molecule has 1 aromatic carbocycles. The first-order valence-corrected chi connectivity index (χ1v) is 12.9. The molecule has 1 N–H and O–H groups in total. The average Bonchev–Trinajstić information content (AvgIpc) is 3.38. The van der Waals surface area contributed by atoms with Crippen molar-refractivity contribution in [2.75, 3.05) is 53.0 Å². The van der Waals surface area contributed by atoms with E-state index in [-0.39, 0.29) is 30.9 Å². The normalized spacial score (nSPS) is 22.4. The van der Waals surface area contributed by atoms with E-state index in [1.807, 2.05) is 18.7 Å². The van der Waals surface area contributed by atoms with Crippen molar-refractivity contribution < 1.29 is 23.4 Å². The van der Waals surface area contributed by atoms with Crippen LogP contribution in [-0.4, -0.2) is 88.7 Å². The average molecular weight is 525 g/mol. The highest BCUT2D eigenvalue weighted by atomic mass is 19.1. The summed E-state index contributed by atoms with van der Waals surface area (Å²) in [6.07, 6.45) is 1.65. The maximum Gasteiger partial charge on any atom is 0.316 e. The van der Waals surface area contributed by atoms with Crippen molar-refractivity contribution in [1.82, 2.24) is 29.7 Å². The minimum absolute atomic E-state index is 0.0387. The number of ether oxygens (including phenoxy) is 3. The van der Waals surface area contributed by atoms with Gasteiger partial charge in [0.05, 0.1) is 42.3 Å². The number of halogens is 1. The first kappa shape index (κ1) is 26.2. The maximum absolute atomic E-state index is 13.6. The zero-order valence-electron chi connectivity index (χ0n) is 21.9. The third-order valence-electron chi connectivity index (χ3n) is 6.80. The molecule has 3 aromatic rings. The predicted octanol–water partition coefficient (Wildman–Crippen LogP) is 3.29. The number of amides is 1. The van der Waals surface area contributed by atoms with Crippen LogP contribution in [0, 0.1) is 11.2 Å². The van der Waals surface area contributed by atoms with E-state index >= 15 is 0 Å². The molecule has 0 saturated carbocycles. The second-order valence-corrected chi connectivity index (χ2v) is 10.0. The van der Waals surface area contributed by atoms with E-state index in [1.54, 1.807) is 24.4 Å². The molecule has 4 heterocycles. The van der Waals surface area contributed by atoms with E-state index in [0.29, 0.717) is 48.2 Å². The molecule has 1 amide bonds. The van der Waals surface area contributed by atoms with Crippen LogP contribution in [-0.2, 0) is 14.3 Å². The van der Waals surface area contributed by atoms with Gasteiger partial charge in [-0.1, -0.05) is 6.92 Å². The van der Waals surface area contributed by atoms with Crippen molar-refractivity contribution in [3.8, 4) is 28.7 Å². The summed E-state index contributed by atoms with van der Waals surface area (Å²) in [4.78, 5) is 34.1. The number of H-pyrrole nitrogens is 1. The van der Waals surface area contributed by atoms with Gasteiger partial charge in [-0.3, -0.25) is 4.79 Å². The molecule has 0 spiro atoms. The monoisotopic (exact) mass is 524 g/mol. The molecule has 202 valence electrons. The number of nitrogens with zero attached hydrogens (tertiary/aromatic N) is 5. The number of piperazine rings is 1. The third kappa shape index (κ3) is 5.54. The molecule has 5 rings (SSSR count). The molecule has 2 fully saturated rings. The first-order valence-electron chi connectivity index (χ1n) is 12.9. The molecule has 2 saturated heterocycles. The molecule has 11 heteroatoms. The van der Waals surface area contributed by atoms with Crippen LogP contribution in [0.2, 0.25) is 0 Å². The van der Waals surface area contributed by atoms with Gasteiger partial charge in [0.25, 0.3) is 0 Å². The summed E-state index contributed by atoms with van der Waals surface area (Å²) >= 11 is 0. The van der Waals surface area contributed by atoms with Crippen molar-refractivity contribution in [3.63, 3.8) is 0 Å². The Hall–Kier alpha value is -3.41. The molecule has 2 aliphatic rings. The number of aromatic amines is 1. The maximum atomic E-state index is 13.6. The first-order chi connectivity index (χ1) is 18.4. The smallest absolute Gasteiger partial charge is 0.316 e. The molecule has 38 heavy (non-hydrogen) atoms. The topological polar surface area (TPSA) is 106 Å². The standard InChI is InChI=1S/C27H33FN6O4/c1-4-15-36-26-29-10-9-20(30-26)22-21(18-5-7-19(28)8-6-18)31-23(32-22)24-37-16-27(2,17-38-24)25(35)34-13-11-33(3)12-14-34/h5-10,24H,4,11-17H2,1-3H3,(H,31,32). The van der Waals surface area contributed by atoms with Gasteiger partial charge in [0.2, 0.25) is 12.2 Å². The Morgan fingerprint density at radius 2 is 1.84 bits per heavy atom. The fourth-order valence-corrected chi connectivity index (χ4v) is 4.53. The van der Waals surface area contributed by atoms with Crippen LogP contribution in [0.4, 0.5) is 4.39 Å². The third-order valence-corrected chi connectivity index (χ3v) is 6.80. The Balaban J connectivity index is 1.39. The number of imidazole rings is 1. The fraction of sp³-hybridized carbons (Fsp3) is 0.481.